The fourth-order valence-electron chi connectivity index (χ4n) is 1.47. The molecule has 0 saturated heterocycles. The molecule has 2 heterocycles. The van der Waals surface area contributed by atoms with Crippen LogP contribution in [0.5, 0.6) is 5.75 Å². The van der Waals surface area contributed by atoms with Gasteiger partial charge in [-0.15, -0.1) is 0 Å². The Labute approximate surface area is 75.1 Å². The lowest BCUT2D eigenvalue weighted by atomic mass is 10.1. The molecule has 1 aromatic rings. The van der Waals surface area contributed by atoms with Gasteiger partial charge in [-0.25, -0.2) is 11.0 Å². The van der Waals surface area contributed by atoms with Crippen molar-refractivity contribution >= 4 is 17.5 Å². The summed E-state index contributed by atoms with van der Waals surface area (Å²) in [5, 5.41) is 0. The van der Waals surface area contributed by atoms with E-state index in [1.807, 2.05) is 24.3 Å². The first-order chi connectivity index (χ1) is 6.43. The minimum absolute atomic E-state index is 0.639. The van der Waals surface area contributed by atoms with Crippen LogP contribution in [0, 0.1) is 0 Å². The van der Waals surface area contributed by atoms with E-state index >= 15 is 0 Å². The number of nitrogens with one attached hydrogen (secondary N) is 2. The largest absolute Gasteiger partial charge is 0.489 e. The summed E-state index contributed by atoms with van der Waals surface area (Å²) in [5.74, 6) is 0.890. The molecule has 0 spiro atoms. The molecule has 0 amide bonds. The number of anilines is 2. The summed E-state index contributed by atoms with van der Waals surface area (Å²) in [5.41, 5.74) is 8.41. The quantitative estimate of drug-likeness (QED) is 0.632. The second-order valence-corrected chi connectivity index (χ2v) is 2.96. The van der Waals surface area contributed by atoms with Crippen molar-refractivity contribution < 1.29 is 9.68 Å². The van der Waals surface area contributed by atoms with Crippen molar-refractivity contribution in [2.75, 3.05) is 17.6 Å². The topological polar surface area (TPSA) is 42.5 Å². The van der Waals surface area contributed by atoms with Crippen LogP contribution >= 0.6 is 0 Å². The van der Waals surface area contributed by atoms with Crippen LogP contribution in [0.15, 0.2) is 18.2 Å². The van der Waals surface area contributed by atoms with Crippen LogP contribution in [0.25, 0.3) is 6.08 Å². The minimum atomic E-state index is 0.639. The molecule has 3 rings (SSSR count). The zero-order valence-electron chi connectivity index (χ0n) is 6.83. The van der Waals surface area contributed by atoms with Crippen LogP contribution in [-0.2, 0) is 4.94 Å². The van der Waals surface area contributed by atoms with Gasteiger partial charge in [-0.3, -0.25) is 0 Å². The zero-order chi connectivity index (χ0) is 8.67. The van der Waals surface area contributed by atoms with Crippen LogP contribution in [0.2, 0.25) is 0 Å². The third-order valence-corrected chi connectivity index (χ3v) is 2.10. The molecule has 2 N–H and O–H groups in total. The lowest BCUT2D eigenvalue weighted by Crippen LogP contribution is -2.00. The van der Waals surface area contributed by atoms with Crippen LogP contribution < -0.4 is 15.7 Å². The second-order valence-electron chi connectivity index (χ2n) is 2.96. The van der Waals surface area contributed by atoms with Gasteiger partial charge in [0.1, 0.15) is 12.4 Å². The highest BCUT2D eigenvalue weighted by Crippen LogP contribution is 2.35. The Morgan fingerprint density at radius 3 is 2.92 bits per heavy atom. The molecule has 4 nitrogen and oxygen atoms in total. The molecule has 13 heavy (non-hydrogen) atoms. The number of benzene rings is 1. The molecule has 0 aliphatic carbocycles. The third-order valence-electron chi connectivity index (χ3n) is 2.10. The molecule has 0 atom stereocenters. The van der Waals surface area contributed by atoms with Gasteiger partial charge in [-0.1, -0.05) is 6.08 Å². The molecule has 0 unspecified atom stereocenters. The van der Waals surface area contributed by atoms with Crippen molar-refractivity contribution in [2.24, 2.45) is 0 Å². The van der Waals surface area contributed by atoms with E-state index in [0.29, 0.717) is 6.61 Å². The number of hydrogen-bond acceptors (Lipinski definition) is 4. The lowest BCUT2D eigenvalue weighted by molar-refractivity contribution is 0.282. The average Bonchev–Trinajstić information content (AvgIpc) is 2.61. The number of rotatable bonds is 0. The molecule has 2 aliphatic rings. The summed E-state index contributed by atoms with van der Waals surface area (Å²) in [7, 11) is 0. The van der Waals surface area contributed by atoms with E-state index in [9.17, 15) is 0 Å². The van der Waals surface area contributed by atoms with E-state index in [1.165, 1.54) is 0 Å². The normalized spacial score (nSPS) is 16.6. The standard InChI is InChI=1S/C9H8N2O2/c1-2-6-4-7-8(11-13-10-7)5-9(6)12-3-1/h1-2,4-5,10-11H,3H2. The van der Waals surface area contributed by atoms with Gasteiger partial charge in [0.25, 0.3) is 0 Å². The minimum Gasteiger partial charge on any atom is -0.489 e. The van der Waals surface area contributed by atoms with Gasteiger partial charge < -0.3 is 4.74 Å². The van der Waals surface area contributed by atoms with E-state index in [-0.39, 0.29) is 0 Å². The van der Waals surface area contributed by atoms with Gasteiger partial charge in [-0.2, -0.15) is 4.94 Å². The average molecular weight is 176 g/mol. The zero-order valence-corrected chi connectivity index (χ0v) is 6.83. The van der Waals surface area contributed by atoms with Crippen LogP contribution in [-0.4, -0.2) is 6.61 Å². The van der Waals surface area contributed by atoms with Gasteiger partial charge in [0, 0.05) is 11.6 Å². The fourth-order valence-corrected chi connectivity index (χ4v) is 1.47. The molecule has 0 aromatic heterocycles. The van der Waals surface area contributed by atoms with E-state index in [2.05, 4.69) is 11.0 Å². The predicted octanol–water partition coefficient (Wildman–Crippen LogP) is 1.78. The van der Waals surface area contributed by atoms with Crippen molar-refractivity contribution in [2.45, 2.75) is 0 Å². The van der Waals surface area contributed by atoms with Crippen LogP contribution in [0.4, 0.5) is 11.4 Å². The highest BCUT2D eigenvalue weighted by atomic mass is 16.8. The Balaban J connectivity index is 2.18. The Kier molecular flexibility index (Phi) is 1.26. The highest BCUT2D eigenvalue weighted by Gasteiger charge is 2.15. The van der Waals surface area contributed by atoms with E-state index < -0.39 is 0 Å². The molecule has 0 saturated carbocycles. The van der Waals surface area contributed by atoms with Crippen molar-refractivity contribution in [1.29, 1.82) is 0 Å². The van der Waals surface area contributed by atoms with E-state index in [1.54, 1.807) is 0 Å². The van der Waals surface area contributed by atoms with Gasteiger partial charge >= 0.3 is 0 Å². The summed E-state index contributed by atoms with van der Waals surface area (Å²) < 4.78 is 5.44. The summed E-state index contributed by atoms with van der Waals surface area (Å²) in [4.78, 5) is 4.85. The van der Waals surface area contributed by atoms with E-state index in [0.717, 1.165) is 22.7 Å². The summed E-state index contributed by atoms with van der Waals surface area (Å²) in [6.45, 7) is 0.639. The van der Waals surface area contributed by atoms with Crippen molar-refractivity contribution in [3.05, 3.63) is 23.8 Å². The molecule has 66 valence electrons. The molecular weight excluding hydrogens is 168 g/mol. The summed E-state index contributed by atoms with van der Waals surface area (Å²) in [6, 6.07) is 3.91. The van der Waals surface area contributed by atoms with Crippen LogP contribution in [0.3, 0.4) is 0 Å². The first kappa shape index (κ1) is 6.80. The molecule has 0 bridgehead atoms. The molecule has 4 heteroatoms. The Morgan fingerprint density at radius 2 is 2.00 bits per heavy atom. The van der Waals surface area contributed by atoms with Crippen molar-refractivity contribution in [3.63, 3.8) is 0 Å². The SMILES string of the molecule is C1=Cc2cc3c(cc2OC1)NON3. The molecule has 1 aromatic carbocycles. The van der Waals surface area contributed by atoms with Crippen molar-refractivity contribution in [1.82, 2.24) is 0 Å². The second kappa shape index (κ2) is 2.40. The van der Waals surface area contributed by atoms with Gasteiger partial charge in [0.05, 0.1) is 11.4 Å². The van der Waals surface area contributed by atoms with Gasteiger partial charge in [0.2, 0.25) is 0 Å². The predicted molar refractivity (Wildman–Crippen MR) is 49.3 cm³/mol. The summed E-state index contributed by atoms with van der Waals surface area (Å²) in [6.07, 6.45) is 4.02. The van der Waals surface area contributed by atoms with Gasteiger partial charge in [0.15, 0.2) is 0 Å². The molecular formula is C9H8N2O2. The molecule has 0 fully saturated rings. The first-order valence-corrected chi connectivity index (χ1v) is 4.09. The number of fused-ring (bicyclic) bond motifs is 2. The maximum absolute atomic E-state index is 5.44. The third kappa shape index (κ3) is 0.957. The number of ether oxygens (including phenoxy) is 1. The smallest absolute Gasteiger partial charge is 0.129 e. The maximum atomic E-state index is 5.44. The molecule has 0 radical (unpaired) electrons. The van der Waals surface area contributed by atoms with Crippen molar-refractivity contribution in [3.8, 4) is 5.75 Å². The highest BCUT2D eigenvalue weighted by molar-refractivity contribution is 5.77. The monoisotopic (exact) mass is 176 g/mol. The Hall–Kier alpha value is -1.68. The Bertz CT molecular complexity index is 387. The first-order valence-electron chi connectivity index (χ1n) is 4.09. The van der Waals surface area contributed by atoms with Gasteiger partial charge in [-0.05, 0) is 12.1 Å². The number of hydrogen-bond donors (Lipinski definition) is 2. The van der Waals surface area contributed by atoms with Crippen LogP contribution in [0.1, 0.15) is 5.56 Å². The fraction of sp³-hybridized carbons (Fsp3) is 0.111. The lowest BCUT2D eigenvalue weighted by Gasteiger charge is -2.12. The Morgan fingerprint density at radius 1 is 1.15 bits per heavy atom. The van der Waals surface area contributed by atoms with E-state index in [4.69, 9.17) is 9.68 Å². The summed E-state index contributed by atoms with van der Waals surface area (Å²) >= 11 is 0. The maximum Gasteiger partial charge on any atom is 0.129 e. The molecule has 2 aliphatic heterocycles.